The highest BCUT2D eigenvalue weighted by molar-refractivity contribution is 7.80. The maximum atomic E-state index is 4.57. The van der Waals surface area contributed by atoms with Crippen LogP contribution in [0.2, 0.25) is 0 Å². The molecule has 0 bridgehead atoms. The summed E-state index contributed by atoms with van der Waals surface area (Å²) in [5, 5.41) is 0. The number of nitrogens with zero attached hydrogens (tertiary/aromatic N) is 2. The van der Waals surface area contributed by atoms with Crippen LogP contribution in [0.5, 0.6) is 0 Å². The van der Waals surface area contributed by atoms with Gasteiger partial charge in [-0.2, -0.15) is 12.6 Å². The van der Waals surface area contributed by atoms with Crippen LogP contribution in [0.15, 0.2) is 12.4 Å². The molecule has 1 aromatic heterocycles. The summed E-state index contributed by atoms with van der Waals surface area (Å²) >= 11 is 4.57. The molecule has 0 aromatic carbocycles. The lowest BCUT2D eigenvalue weighted by atomic mass is 9.88. The molecule has 3 heteroatoms. The molecular weight excluding hydrogens is 216 g/mol. The fourth-order valence-corrected chi connectivity index (χ4v) is 3.20. The fraction of sp³-hybridized carbons (Fsp3) is 0.769. The molecule has 0 unspecified atom stereocenters. The maximum absolute atomic E-state index is 4.57. The summed E-state index contributed by atoms with van der Waals surface area (Å²) < 4.78 is 2.35. The first-order valence-electron chi connectivity index (χ1n) is 6.40. The molecular formula is C13H22N2S. The Kier molecular flexibility index (Phi) is 3.95. The Hall–Kier alpha value is -0.440. The Bertz CT molecular complexity index is 326. The molecule has 0 radical (unpaired) electrons. The van der Waals surface area contributed by atoms with E-state index in [4.69, 9.17) is 0 Å². The molecule has 90 valence electrons. The summed E-state index contributed by atoms with van der Waals surface area (Å²) in [7, 11) is 0. The van der Waals surface area contributed by atoms with Crippen molar-refractivity contribution in [2.45, 2.75) is 52.0 Å². The van der Waals surface area contributed by atoms with Crippen LogP contribution in [0, 0.1) is 5.41 Å². The van der Waals surface area contributed by atoms with E-state index in [9.17, 15) is 0 Å². The standard InChI is InChI=1S/C13H22N2S/c1-2-5-12-14-8-9-15(12)10-13(11-16)6-3-4-7-13/h8-9,16H,2-7,10-11H2,1H3. The number of hydrogen-bond acceptors (Lipinski definition) is 2. The molecule has 0 N–H and O–H groups in total. The second-order valence-electron chi connectivity index (χ2n) is 5.09. The Labute approximate surface area is 104 Å². The van der Waals surface area contributed by atoms with E-state index in [1.807, 2.05) is 6.20 Å². The van der Waals surface area contributed by atoms with Crippen molar-refractivity contribution in [2.24, 2.45) is 5.41 Å². The van der Waals surface area contributed by atoms with E-state index >= 15 is 0 Å². The molecule has 0 aliphatic heterocycles. The molecule has 0 spiro atoms. The quantitative estimate of drug-likeness (QED) is 0.779. The molecule has 1 aliphatic rings. The van der Waals surface area contributed by atoms with Crippen LogP contribution in [-0.4, -0.2) is 15.3 Å². The van der Waals surface area contributed by atoms with E-state index in [1.54, 1.807) is 0 Å². The van der Waals surface area contributed by atoms with Crippen molar-refractivity contribution in [2.75, 3.05) is 5.75 Å². The first kappa shape index (κ1) is 12.0. The average molecular weight is 238 g/mol. The minimum absolute atomic E-state index is 0.437. The van der Waals surface area contributed by atoms with Crippen LogP contribution < -0.4 is 0 Å². The van der Waals surface area contributed by atoms with E-state index in [-0.39, 0.29) is 0 Å². The van der Waals surface area contributed by atoms with Crippen molar-refractivity contribution in [3.05, 3.63) is 18.2 Å². The lowest BCUT2D eigenvalue weighted by Gasteiger charge is -2.28. The largest absolute Gasteiger partial charge is 0.334 e. The van der Waals surface area contributed by atoms with Crippen molar-refractivity contribution >= 4 is 12.6 Å². The van der Waals surface area contributed by atoms with Gasteiger partial charge in [0.05, 0.1) is 0 Å². The van der Waals surface area contributed by atoms with E-state index in [2.05, 4.69) is 35.3 Å². The zero-order valence-corrected chi connectivity index (χ0v) is 11.0. The van der Waals surface area contributed by atoms with E-state index in [0.29, 0.717) is 5.41 Å². The van der Waals surface area contributed by atoms with Gasteiger partial charge in [0.2, 0.25) is 0 Å². The third-order valence-electron chi connectivity index (χ3n) is 3.78. The van der Waals surface area contributed by atoms with Gasteiger partial charge in [-0.1, -0.05) is 19.8 Å². The fourth-order valence-electron chi connectivity index (χ4n) is 2.79. The number of thiol groups is 1. The Balaban J connectivity index is 2.09. The molecule has 0 saturated heterocycles. The van der Waals surface area contributed by atoms with Crippen LogP contribution in [0.1, 0.15) is 44.9 Å². The molecule has 1 fully saturated rings. The predicted octanol–water partition coefficient (Wildman–Crippen LogP) is 3.33. The number of aromatic nitrogens is 2. The molecule has 1 saturated carbocycles. The molecule has 2 rings (SSSR count). The van der Waals surface area contributed by atoms with Crippen LogP contribution in [0.3, 0.4) is 0 Å². The maximum Gasteiger partial charge on any atom is 0.108 e. The van der Waals surface area contributed by atoms with Gasteiger partial charge < -0.3 is 4.57 Å². The van der Waals surface area contributed by atoms with Gasteiger partial charge in [-0.3, -0.25) is 0 Å². The van der Waals surface area contributed by atoms with Crippen molar-refractivity contribution in [1.29, 1.82) is 0 Å². The number of hydrogen-bond donors (Lipinski definition) is 1. The highest BCUT2D eigenvalue weighted by Gasteiger charge is 2.33. The van der Waals surface area contributed by atoms with Crippen LogP contribution in [0.4, 0.5) is 0 Å². The molecule has 2 nitrogen and oxygen atoms in total. The van der Waals surface area contributed by atoms with Crippen LogP contribution in [0.25, 0.3) is 0 Å². The second-order valence-corrected chi connectivity index (χ2v) is 5.40. The Morgan fingerprint density at radius 3 is 2.81 bits per heavy atom. The monoisotopic (exact) mass is 238 g/mol. The van der Waals surface area contributed by atoms with Crippen molar-refractivity contribution in [3.63, 3.8) is 0 Å². The van der Waals surface area contributed by atoms with Crippen LogP contribution >= 0.6 is 12.6 Å². The zero-order valence-electron chi connectivity index (χ0n) is 10.2. The minimum atomic E-state index is 0.437. The highest BCUT2D eigenvalue weighted by Crippen LogP contribution is 2.40. The van der Waals surface area contributed by atoms with Gasteiger partial charge in [-0.15, -0.1) is 0 Å². The van der Waals surface area contributed by atoms with Crippen molar-refractivity contribution in [3.8, 4) is 0 Å². The topological polar surface area (TPSA) is 17.8 Å². The molecule has 16 heavy (non-hydrogen) atoms. The summed E-state index contributed by atoms with van der Waals surface area (Å²) in [5.74, 6) is 2.26. The highest BCUT2D eigenvalue weighted by atomic mass is 32.1. The predicted molar refractivity (Wildman–Crippen MR) is 71.0 cm³/mol. The molecule has 1 heterocycles. The summed E-state index contributed by atoms with van der Waals surface area (Å²) in [4.78, 5) is 4.45. The summed E-state index contributed by atoms with van der Waals surface area (Å²) in [6, 6.07) is 0. The molecule has 1 aliphatic carbocycles. The van der Waals surface area contributed by atoms with Crippen molar-refractivity contribution < 1.29 is 0 Å². The first-order chi connectivity index (χ1) is 7.79. The Morgan fingerprint density at radius 2 is 2.19 bits per heavy atom. The minimum Gasteiger partial charge on any atom is -0.334 e. The second kappa shape index (κ2) is 5.26. The number of aryl methyl sites for hydroxylation is 1. The number of imidazole rings is 1. The van der Waals surface area contributed by atoms with Crippen LogP contribution in [-0.2, 0) is 13.0 Å². The SMILES string of the molecule is CCCc1nccn1CC1(CS)CCCC1. The van der Waals surface area contributed by atoms with Gasteiger partial charge in [0.15, 0.2) is 0 Å². The van der Waals surface area contributed by atoms with E-state index in [1.165, 1.54) is 37.9 Å². The first-order valence-corrected chi connectivity index (χ1v) is 7.04. The van der Waals surface area contributed by atoms with Gasteiger partial charge in [0.25, 0.3) is 0 Å². The van der Waals surface area contributed by atoms with E-state index < -0.39 is 0 Å². The number of rotatable bonds is 5. The summed E-state index contributed by atoms with van der Waals surface area (Å²) in [5.41, 5.74) is 0.437. The molecule has 0 amide bonds. The average Bonchev–Trinajstić information content (AvgIpc) is 2.91. The zero-order chi connectivity index (χ0) is 11.4. The summed E-state index contributed by atoms with van der Waals surface area (Å²) in [6.07, 6.45) is 11.7. The molecule has 1 aromatic rings. The van der Waals surface area contributed by atoms with Gasteiger partial charge in [0, 0.05) is 25.4 Å². The summed E-state index contributed by atoms with van der Waals surface area (Å²) in [6.45, 7) is 3.33. The van der Waals surface area contributed by atoms with Gasteiger partial charge in [-0.25, -0.2) is 4.98 Å². The van der Waals surface area contributed by atoms with E-state index in [0.717, 1.165) is 18.7 Å². The van der Waals surface area contributed by atoms with Gasteiger partial charge in [0.1, 0.15) is 5.82 Å². The van der Waals surface area contributed by atoms with Gasteiger partial charge in [-0.05, 0) is 30.4 Å². The van der Waals surface area contributed by atoms with Gasteiger partial charge >= 0.3 is 0 Å². The lowest BCUT2D eigenvalue weighted by molar-refractivity contribution is 0.286. The Morgan fingerprint density at radius 1 is 1.44 bits per heavy atom. The smallest absolute Gasteiger partial charge is 0.108 e. The third kappa shape index (κ3) is 2.45. The van der Waals surface area contributed by atoms with Crippen molar-refractivity contribution in [1.82, 2.24) is 9.55 Å². The molecule has 0 atom stereocenters. The normalized spacial score (nSPS) is 19.1. The third-order valence-corrected chi connectivity index (χ3v) is 4.45. The lowest BCUT2D eigenvalue weighted by Crippen LogP contribution is -2.26.